The quantitative estimate of drug-likeness (QED) is 0.838. The smallest absolute Gasteiger partial charge is 0.303 e. The number of likely N-dealkylation sites (tertiary alicyclic amines) is 1. The van der Waals surface area contributed by atoms with Crippen LogP contribution in [0, 0.1) is 5.92 Å². The minimum Gasteiger partial charge on any atom is -0.481 e. The molecule has 6 heteroatoms. The van der Waals surface area contributed by atoms with Gasteiger partial charge < -0.3 is 10.0 Å². The fraction of sp³-hybridized carbons (Fsp3) is 0.933. The average molecular weight is 317 g/mol. The summed E-state index contributed by atoms with van der Waals surface area (Å²) in [4.78, 5) is 13.1. The lowest BCUT2D eigenvalue weighted by Crippen LogP contribution is -2.45. The van der Waals surface area contributed by atoms with Crippen molar-refractivity contribution in [2.75, 3.05) is 19.3 Å². The summed E-state index contributed by atoms with van der Waals surface area (Å²) in [5, 5.41) is 8.57. The average Bonchev–Trinajstić information content (AvgIpc) is 2.45. The van der Waals surface area contributed by atoms with Crippen molar-refractivity contribution in [1.82, 2.24) is 4.90 Å². The molecular weight excluding hydrogens is 290 g/mol. The van der Waals surface area contributed by atoms with Gasteiger partial charge in [-0.25, -0.2) is 8.42 Å². The van der Waals surface area contributed by atoms with Crippen LogP contribution in [0.5, 0.6) is 0 Å². The van der Waals surface area contributed by atoms with Gasteiger partial charge in [-0.15, -0.1) is 0 Å². The zero-order valence-corrected chi connectivity index (χ0v) is 13.6. The molecule has 2 rings (SSSR count). The minimum absolute atomic E-state index is 0.166. The van der Waals surface area contributed by atoms with Crippen molar-refractivity contribution in [1.29, 1.82) is 0 Å². The predicted octanol–water partition coefficient (Wildman–Crippen LogP) is 1.92. The van der Waals surface area contributed by atoms with Gasteiger partial charge in [-0.2, -0.15) is 0 Å². The van der Waals surface area contributed by atoms with Gasteiger partial charge in [0.2, 0.25) is 0 Å². The molecule has 1 N–H and O–H groups in total. The lowest BCUT2D eigenvalue weighted by Gasteiger charge is -2.41. The lowest BCUT2D eigenvalue weighted by atomic mass is 9.88. The number of piperidine rings is 1. The van der Waals surface area contributed by atoms with Crippen molar-refractivity contribution in [2.24, 2.45) is 5.92 Å². The predicted molar refractivity (Wildman–Crippen MR) is 82.1 cm³/mol. The topological polar surface area (TPSA) is 74.7 Å². The number of sulfone groups is 1. The van der Waals surface area contributed by atoms with Crippen LogP contribution < -0.4 is 0 Å². The van der Waals surface area contributed by atoms with Gasteiger partial charge in [0.1, 0.15) is 9.84 Å². The van der Waals surface area contributed by atoms with Crippen molar-refractivity contribution in [3.63, 3.8) is 0 Å². The van der Waals surface area contributed by atoms with E-state index in [1.54, 1.807) is 0 Å². The summed E-state index contributed by atoms with van der Waals surface area (Å²) >= 11 is 0. The molecule has 1 saturated heterocycles. The Hall–Kier alpha value is -0.620. The highest BCUT2D eigenvalue weighted by Gasteiger charge is 2.33. The molecule has 122 valence electrons. The van der Waals surface area contributed by atoms with Gasteiger partial charge in [0.05, 0.1) is 5.25 Å². The number of rotatable bonds is 5. The van der Waals surface area contributed by atoms with E-state index in [2.05, 4.69) is 4.90 Å². The van der Waals surface area contributed by atoms with E-state index in [0.29, 0.717) is 12.0 Å². The van der Waals surface area contributed by atoms with Gasteiger partial charge in [0.15, 0.2) is 0 Å². The molecule has 2 unspecified atom stereocenters. The molecule has 2 atom stereocenters. The molecule has 1 aliphatic carbocycles. The molecule has 1 saturated carbocycles. The van der Waals surface area contributed by atoms with Crippen LogP contribution in [-0.4, -0.2) is 55.0 Å². The first kappa shape index (κ1) is 16.7. The van der Waals surface area contributed by atoms with E-state index >= 15 is 0 Å². The SMILES string of the molecule is CS(=O)(=O)C1CCCC(N2CCC(CCC(=O)O)CC2)C1. The zero-order valence-electron chi connectivity index (χ0n) is 12.8. The third-order valence-electron chi connectivity index (χ3n) is 5.14. The molecule has 2 aliphatic rings. The van der Waals surface area contributed by atoms with Crippen molar-refractivity contribution < 1.29 is 18.3 Å². The van der Waals surface area contributed by atoms with Crippen molar-refractivity contribution in [3.05, 3.63) is 0 Å². The molecule has 1 heterocycles. The molecule has 2 fully saturated rings. The number of carbonyl (C=O) groups is 1. The second kappa shape index (κ2) is 7.09. The summed E-state index contributed by atoms with van der Waals surface area (Å²) in [7, 11) is -2.92. The number of nitrogens with zero attached hydrogens (tertiary/aromatic N) is 1. The Bertz CT molecular complexity index is 454. The van der Waals surface area contributed by atoms with Crippen LogP contribution in [0.25, 0.3) is 0 Å². The van der Waals surface area contributed by atoms with Gasteiger partial charge in [0.25, 0.3) is 0 Å². The second-order valence-corrected chi connectivity index (χ2v) is 9.01. The van der Waals surface area contributed by atoms with Gasteiger partial charge in [-0.05, 0) is 57.5 Å². The Labute approximate surface area is 127 Å². The molecule has 5 nitrogen and oxygen atoms in total. The van der Waals surface area contributed by atoms with Crippen LogP contribution in [0.3, 0.4) is 0 Å². The molecule has 0 aromatic heterocycles. The Balaban J connectivity index is 1.80. The van der Waals surface area contributed by atoms with Crippen molar-refractivity contribution >= 4 is 15.8 Å². The minimum atomic E-state index is -2.92. The number of hydrogen-bond acceptors (Lipinski definition) is 4. The number of carboxylic acid groups (broad SMARTS) is 1. The first-order valence-electron chi connectivity index (χ1n) is 8.01. The summed E-state index contributed by atoms with van der Waals surface area (Å²) in [6, 6.07) is 0.402. The maximum absolute atomic E-state index is 11.7. The van der Waals surface area contributed by atoms with Crippen LogP contribution in [-0.2, 0) is 14.6 Å². The van der Waals surface area contributed by atoms with E-state index in [4.69, 9.17) is 5.11 Å². The fourth-order valence-corrected chi connectivity index (χ4v) is 4.94. The van der Waals surface area contributed by atoms with E-state index < -0.39 is 15.8 Å². The molecular formula is C15H27NO4S. The Morgan fingerprint density at radius 3 is 2.43 bits per heavy atom. The van der Waals surface area contributed by atoms with E-state index in [9.17, 15) is 13.2 Å². The van der Waals surface area contributed by atoms with Gasteiger partial charge in [0, 0.05) is 18.7 Å². The van der Waals surface area contributed by atoms with E-state index in [1.807, 2.05) is 0 Å². The van der Waals surface area contributed by atoms with Crippen LogP contribution in [0.2, 0.25) is 0 Å². The van der Waals surface area contributed by atoms with Gasteiger partial charge >= 0.3 is 5.97 Å². The van der Waals surface area contributed by atoms with Gasteiger partial charge in [-0.3, -0.25) is 4.79 Å². The highest BCUT2D eigenvalue weighted by Crippen LogP contribution is 2.31. The zero-order chi connectivity index (χ0) is 15.5. The third kappa shape index (κ3) is 4.95. The monoisotopic (exact) mass is 317 g/mol. The Kier molecular flexibility index (Phi) is 5.66. The Morgan fingerprint density at radius 2 is 1.86 bits per heavy atom. The molecule has 0 bridgehead atoms. The molecule has 0 aromatic rings. The number of aliphatic carboxylic acids is 1. The van der Waals surface area contributed by atoms with E-state index in [1.165, 1.54) is 6.26 Å². The summed E-state index contributed by atoms with van der Waals surface area (Å²) in [6.45, 7) is 1.98. The van der Waals surface area contributed by atoms with Crippen LogP contribution >= 0.6 is 0 Å². The lowest BCUT2D eigenvalue weighted by molar-refractivity contribution is -0.137. The number of hydrogen-bond donors (Lipinski definition) is 1. The maximum atomic E-state index is 11.7. The molecule has 0 radical (unpaired) electrons. The Morgan fingerprint density at radius 1 is 1.19 bits per heavy atom. The van der Waals surface area contributed by atoms with E-state index in [-0.39, 0.29) is 11.7 Å². The first-order valence-corrected chi connectivity index (χ1v) is 9.96. The highest BCUT2D eigenvalue weighted by molar-refractivity contribution is 7.91. The highest BCUT2D eigenvalue weighted by atomic mass is 32.2. The van der Waals surface area contributed by atoms with Crippen LogP contribution in [0.15, 0.2) is 0 Å². The molecule has 0 aromatic carbocycles. The summed E-state index contributed by atoms with van der Waals surface area (Å²) in [5.41, 5.74) is 0. The second-order valence-electron chi connectivity index (χ2n) is 6.68. The first-order chi connectivity index (χ1) is 9.86. The van der Waals surface area contributed by atoms with Gasteiger partial charge in [-0.1, -0.05) is 6.42 Å². The van der Waals surface area contributed by atoms with Crippen molar-refractivity contribution in [3.8, 4) is 0 Å². The summed E-state index contributed by atoms with van der Waals surface area (Å²) in [5.74, 6) is -0.188. The van der Waals surface area contributed by atoms with E-state index in [0.717, 1.165) is 58.0 Å². The van der Waals surface area contributed by atoms with Crippen LogP contribution in [0.4, 0.5) is 0 Å². The maximum Gasteiger partial charge on any atom is 0.303 e. The fourth-order valence-electron chi connectivity index (χ4n) is 3.78. The molecule has 0 amide bonds. The number of carboxylic acids is 1. The summed E-state index contributed by atoms with van der Waals surface area (Å²) < 4.78 is 23.5. The molecule has 21 heavy (non-hydrogen) atoms. The summed E-state index contributed by atoms with van der Waals surface area (Å²) in [6.07, 6.45) is 8.19. The normalized spacial score (nSPS) is 29.4. The standard InChI is InChI=1S/C15H27NO4S/c1-21(19,20)14-4-2-3-13(11-14)16-9-7-12(8-10-16)5-6-15(17)18/h12-14H,2-11H2,1H3,(H,17,18). The largest absolute Gasteiger partial charge is 0.481 e. The van der Waals surface area contributed by atoms with Crippen molar-refractivity contribution in [2.45, 2.75) is 62.7 Å². The third-order valence-corrected chi connectivity index (χ3v) is 6.78. The van der Waals surface area contributed by atoms with Crippen LogP contribution in [0.1, 0.15) is 51.4 Å². The molecule has 0 spiro atoms. The molecule has 1 aliphatic heterocycles.